The lowest BCUT2D eigenvalue weighted by molar-refractivity contribution is 0.454. The van der Waals surface area contributed by atoms with Gasteiger partial charge in [-0.3, -0.25) is 0 Å². The molecule has 0 bridgehead atoms. The molecule has 0 amide bonds. The normalized spacial score (nSPS) is 10.4. The maximum Gasteiger partial charge on any atom is 0.224 e. The average Bonchev–Trinajstić information content (AvgIpc) is 2.28. The van der Waals surface area contributed by atoms with Gasteiger partial charge < -0.3 is 10.5 Å². The average molecular weight is 243 g/mol. The van der Waals surface area contributed by atoms with Crippen molar-refractivity contribution in [3.63, 3.8) is 0 Å². The number of hydrogen-bond donors (Lipinski definition) is 1. The smallest absolute Gasteiger partial charge is 0.224 e. The fourth-order valence-electron chi connectivity index (χ4n) is 1.80. The van der Waals surface area contributed by atoms with Crippen molar-refractivity contribution in [1.82, 2.24) is 9.97 Å². The molecule has 0 spiro atoms. The van der Waals surface area contributed by atoms with Gasteiger partial charge in [-0.2, -0.15) is 4.98 Å². The molecule has 2 aromatic rings. The lowest BCUT2D eigenvalue weighted by atomic mass is 10.1. The Kier molecular flexibility index (Phi) is 3.19. The molecule has 2 N–H and O–H groups in total. The summed E-state index contributed by atoms with van der Waals surface area (Å²) in [5.41, 5.74) is 9.79. The summed E-state index contributed by atoms with van der Waals surface area (Å²) in [7, 11) is 0. The van der Waals surface area contributed by atoms with Crippen LogP contribution in [0, 0.1) is 27.7 Å². The Morgan fingerprint density at radius 2 is 1.67 bits per heavy atom. The van der Waals surface area contributed by atoms with Crippen LogP contribution in [0.1, 0.15) is 22.4 Å². The molecule has 1 heterocycles. The number of benzene rings is 1. The summed E-state index contributed by atoms with van der Waals surface area (Å²) < 4.78 is 5.85. The first kappa shape index (κ1) is 12.4. The Morgan fingerprint density at radius 3 is 2.33 bits per heavy atom. The van der Waals surface area contributed by atoms with E-state index in [0.717, 1.165) is 22.6 Å². The van der Waals surface area contributed by atoms with E-state index in [1.54, 1.807) is 6.07 Å². The van der Waals surface area contributed by atoms with Crippen molar-refractivity contribution in [3.05, 3.63) is 40.6 Å². The molecular weight excluding hydrogens is 226 g/mol. The van der Waals surface area contributed by atoms with Crippen LogP contribution in [-0.4, -0.2) is 9.97 Å². The van der Waals surface area contributed by atoms with Crippen LogP contribution in [-0.2, 0) is 0 Å². The van der Waals surface area contributed by atoms with Crippen molar-refractivity contribution in [2.75, 3.05) is 5.73 Å². The minimum Gasteiger partial charge on any atom is -0.438 e. The molecule has 4 nitrogen and oxygen atoms in total. The van der Waals surface area contributed by atoms with Crippen LogP contribution in [0.15, 0.2) is 18.2 Å². The first-order chi connectivity index (χ1) is 8.47. The highest BCUT2D eigenvalue weighted by molar-refractivity contribution is 5.46. The quantitative estimate of drug-likeness (QED) is 0.880. The van der Waals surface area contributed by atoms with Crippen LogP contribution in [0.5, 0.6) is 11.6 Å². The molecule has 1 aromatic carbocycles. The zero-order chi connectivity index (χ0) is 13.3. The molecule has 1 aromatic heterocycles. The predicted molar refractivity (Wildman–Crippen MR) is 71.9 cm³/mol. The Balaban J connectivity index is 2.42. The van der Waals surface area contributed by atoms with Gasteiger partial charge in [0.1, 0.15) is 5.75 Å². The van der Waals surface area contributed by atoms with E-state index in [4.69, 9.17) is 10.5 Å². The van der Waals surface area contributed by atoms with Crippen LogP contribution < -0.4 is 10.5 Å². The molecule has 94 valence electrons. The zero-order valence-corrected chi connectivity index (χ0v) is 11.1. The van der Waals surface area contributed by atoms with E-state index >= 15 is 0 Å². The third-order valence-corrected chi connectivity index (χ3v) is 2.93. The second-order valence-electron chi connectivity index (χ2n) is 4.46. The molecule has 18 heavy (non-hydrogen) atoms. The fraction of sp³-hybridized carbons (Fsp3) is 0.286. The van der Waals surface area contributed by atoms with Gasteiger partial charge in [-0.25, -0.2) is 4.98 Å². The SMILES string of the molecule is Cc1cc(Oc2c(C)ccc(C)c2C)nc(N)n1. The molecular formula is C14H17N3O. The number of aryl methyl sites for hydroxylation is 3. The number of nitrogens with zero attached hydrogens (tertiary/aromatic N) is 2. The molecule has 0 saturated carbocycles. The highest BCUT2D eigenvalue weighted by atomic mass is 16.5. The lowest BCUT2D eigenvalue weighted by Crippen LogP contribution is -2.00. The maximum absolute atomic E-state index is 5.85. The number of aromatic nitrogens is 2. The number of nitrogen functional groups attached to an aromatic ring is 1. The summed E-state index contributed by atoms with van der Waals surface area (Å²) in [5.74, 6) is 1.55. The molecule has 0 unspecified atom stereocenters. The van der Waals surface area contributed by atoms with Crippen molar-refractivity contribution in [2.24, 2.45) is 0 Å². The lowest BCUT2D eigenvalue weighted by Gasteiger charge is -2.13. The minimum atomic E-state index is 0.230. The Hall–Kier alpha value is -2.10. The first-order valence-corrected chi connectivity index (χ1v) is 5.83. The predicted octanol–water partition coefficient (Wildman–Crippen LogP) is 3.08. The van der Waals surface area contributed by atoms with Crippen molar-refractivity contribution >= 4 is 5.95 Å². The largest absolute Gasteiger partial charge is 0.438 e. The van der Waals surface area contributed by atoms with Crippen LogP contribution in [0.2, 0.25) is 0 Å². The first-order valence-electron chi connectivity index (χ1n) is 5.83. The number of rotatable bonds is 2. The second-order valence-corrected chi connectivity index (χ2v) is 4.46. The van der Waals surface area contributed by atoms with Crippen LogP contribution in [0.3, 0.4) is 0 Å². The van der Waals surface area contributed by atoms with Gasteiger partial charge in [0.15, 0.2) is 0 Å². The highest BCUT2D eigenvalue weighted by Crippen LogP contribution is 2.30. The molecule has 0 atom stereocenters. The van der Waals surface area contributed by atoms with Gasteiger partial charge >= 0.3 is 0 Å². The van der Waals surface area contributed by atoms with Crippen molar-refractivity contribution < 1.29 is 4.74 Å². The summed E-state index contributed by atoms with van der Waals surface area (Å²) in [4.78, 5) is 8.11. The van der Waals surface area contributed by atoms with E-state index < -0.39 is 0 Å². The van der Waals surface area contributed by atoms with Gasteiger partial charge in [0.25, 0.3) is 0 Å². The van der Waals surface area contributed by atoms with Gasteiger partial charge in [0, 0.05) is 11.8 Å². The van der Waals surface area contributed by atoms with Crippen LogP contribution >= 0.6 is 0 Å². The number of nitrogens with two attached hydrogens (primary N) is 1. The monoisotopic (exact) mass is 243 g/mol. The topological polar surface area (TPSA) is 61.0 Å². The van der Waals surface area contributed by atoms with Gasteiger partial charge in [-0.05, 0) is 44.4 Å². The summed E-state index contributed by atoms with van der Waals surface area (Å²) >= 11 is 0. The second kappa shape index (κ2) is 4.64. The Labute approximate surface area is 107 Å². The molecule has 0 aliphatic rings. The van der Waals surface area contributed by atoms with E-state index in [1.807, 2.05) is 26.8 Å². The van der Waals surface area contributed by atoms with Crippen LogP contribution in [0.4, 0.5) is 5.95 Å². The van der Waals surface area contributed by atoms with Gasteiger partial charge in [-0.1, -0.05) is 12.1 Å². The summed E-state index contributed by atoms with van der Waals surface area (Å²) in [5, 5.41) is 0. The van der Waals surface area contributed by atoms with E-state index in [2.05, 4.69) is 23.0 Å². The molecule has 0 aliphatic heterocycles. The minimum absolute atomic E-state index is 0.230. The maximum atomic E-state index is 5.85. The number of hydrogen-bond acceptors (Lipinski definition) is 4. The van der Waals surface area contributed by atoms with Gasteiger partial charge in [0.2, 0.25) is 11.8 Å². The van der Waals surface area contributed by atoms with E-state index in [-0.39, 0.29) is 5.95 Å². The fourth-order valence-corrected chi connectivity index (χ4v) is 1.80. The van der Waals surface area contributed by atoms with Crippen LogP contribution in [0.25, 0.3) is 0 Å². The molecule has 0 aliphatic carbocycles. The molecule has 0 saturated heterocycles. The molecule has 2 rings (SSSR count). The Morgan fingerprint density at radius 1 is 1.00 bits per heavy atom. The van der Waals surface area contributed by atoms with E-state index in [0.29, 0.717) is 5.88 Å². The Bertz CT molecular complexity index is 574. The molecule has 4 heteroatoms. The van der Waals surface area contributed by atoms with E-state index in [9.17, 15) is 0 Å². The van der Waals surface area contributed by atoms with Gasteiger partial charge in [-0.15, -0.1) is 0 Å². The summed E-state index contributed by atoms with van der Waals surface area (Å²) in [6, 6.07) is 5.89. The van der Waals surface area contributed by atoms with E-state index in [1.165, 1.54) is 5.56 Å². The summed E-state index contributed by atoms with van der Waals surface area (Å²) in [6.45, 7) is 7.97. The third kappa shape index (κ3) is 2.42. The van der Waals surface area contributed by atoms with Crippen molar-refractivity contribution in [1.29, 1.82) is 0 Å². The van der Waals surface area contributed by atoms with Crippen molar-refractivity contribution in [2.45, 2.75) is 27.7 Å². The molecule has 0 radical (unpaired) electrons. The standard InChI is InChI=1S/C14H17N3O/c1-8-5-6-9(2)13(11(8)4)18-12-7-10(3)16-14(15)17-12/h5-7H,1-4H3,(H2,15,16,17). The number of ether oxygens (including phenoxy) is 1. The van der Waals surface area contributed by atoms with Gasteiger partial charge in [0.05, 0.1) is 0 Å². The highest BCUT2D eigenvalue weighted by Gasteiger charge is 2.09. The molecule has 0 fully saturated rings. The third-order valence-electron chi connectivity index (χ3n) is 2.93. The summed E-state index contributed by atoms with van der Waals surface area (Å²) in [6.07, 6.45) is 0. The zero-order valence-electron chi connectivity index (χ0n) is 11.1. The van der Waals surface area contributed by atoms with Crippen molar-refractivity contribution in [3.8, 4) is 11.6 Å². The number of anilines is 1.